The second-order valence-corrected chi connectivity index (χ2v) is 6.27. The van der Waals surface area contributed by atoms with Gasteiger partial charge in [0, 0.05) is 38.3 Å². The summed E-state index contributed by atoms with van der Waals surface area (Å²) in [6.07, 6.45) is 3.16. The average Bonchev–Trinajstić information content (AvgIpc) is 3.32. The van der Waals surface area contributed by atoms with Crippen LogP contribution in [0.4, 0.5) is 0 Å². The van der Waals surface area contributed by atoms with Gasteiger partial charge in [-0.25, -0.2) is 0 Å². The molecule has 0 bridgehead atoms. The van der Waals surface area contributed by atoms with Crippen LogP contribution in [0.1, 0.15) is 29.9 Å². The predicted octanol–water partition coefficient (Wildman–Crippen LogP) is 0.716. The van der Waals surface area contributed by atoms with E-state index >= 15 is 0 Å². The van der Waals surface area contributed by atoms with Gasteiger partial charge >= 0.3 is 0 Å². The van der Waals surface area contributed by atoms with Gasteiger partial charge in [0.25, 0.3) is 0 Å². The quantitative estimate of drug-likeness (QED) is 0.654. The van der Waals surface area contributed by atoms with Crippen LogP contribution in [0.25, 0.3) is 0 Å². The molecular weight excluding hydrogens is 294 g/mol. The summed E-state index contributed by atoms with van der Waals surface area (Å²) in [4.78, 5) is 20.6. The molecule has 1 saturated heterocycles. The highest BCUT2D eigenvalue weighted by atomic mass is 16.5. The Morgan fingerprint density at radius 1 is 1.39 bits per heavy atom. The van der Waals surface area contributed by atoms with Crippen LogP contribution in [-0.4, -0.2) is 66.1 Å². The largest absolute Gasteiger partial charge is 0.361 e. The van der Waals surface area contributed by atoms with Crippen LogP contribution in [-0.2, 0) is 11.2 Å². The Hall–Kier alpha value is -2.05. The molecular formula is C16H25N5O2. The number of piperazine rings is 1. The van der Waals surface area contributed by atoms with Crippen molar-refractivity contribution in [3.8, 4) is 0 Å². The molecule has 7 nitrogen and oxygen atoms in total. The number of rotatable bonds is 4. The molecule has 2 aliphatic rings. The number of nitrogens with one attached hydrogen (secondary N) is 1. The lowest BCUT2D eigenvalue weighted by atomic mass is 10.1. The molecule has 0 atom stereocenters. The van der Waals surface area contributed by atoms with Crippen LogP contribution in [0, 0.1) is 13.8 Å². The number of amides is 1. The molecule has 126 valence electrons. The summed E-state index contributed by atoms with van der Waals surface area (Å²) in [6.45, 7) is 6.69. The van der Waals surface area contributed by atoms with Crippen LogP contribution >= 0.6 is 0 Å². The van der Waals surface area contributed by atoms with E-state index < -0.39 is 0 Å². The van der Waals surface area contributed by atoms with Gasteiger partial charge in [-0.1, -0.05) is 5.16 Å². The standard InChI is InChI=1S/C16H25N5O2/c1-11-14(12(2)23-19-11)6-7-18-16(17-3)20-8-9-21(13-4-5-13)15(22)10-20/h13H,4-10H2,1-3H3,(H,17,18). The van der Waals surface area contributed by atoms with Crippen molar-refractivity contribution in [3.05, 3.63) is 17.0 Å². The van der Waals surface area contributed by atoms with E-state index in [1.807, 2.05) is 23.6 Å². The van der Waals surface area contributed by atoms with E-state index in [9.17, 15) is 4.79 Å². The van der Waals surface area contributed by atoms with Gasteiger partial charge in [0.1, 0.15) is 5.76 Å². The van der Waals surface area contributed by atoms with E-state index in [0.29, 0.717) is 12.6 Å². The Kier molecular flexibility index (Phi) is 4.54. The van der Waals surface area contributed by atoms with E-state index in [0.717, 1.165) is 61.9 Å². The number of aromatic nitrogens is 1. The molecule has 23 heavy (non-hydrogen) atoms. The predicted molar refractivity (Wildman–Crippen MR) is 87.4 cm³/mol. The number of hydrogen-bond donors (Lipinski definition) is 1. The van der Waals surface area contributed by atoms with E-state index in [2.05, 4.69) is 15.5 Å². The van der Waals surface area contributed by atoms with E-state index in [1.54, 1.807) is 7.05 Å². The number of carbonyl (C=O) groups is 1. The molecule has 2 heterocycles. The van der Waals surface area contributed by atoms with Crippen LogP contribution in [0.2, 0.25) is 0 Å². The van der Waals surface area contributed by atoms with Crippen LogP contribution in [0.3, 0.4) is 0 Å². The molecule has 0 radical (unpaired) electrons. The summed E-state index contributed by atoms with van der Waals surface area (Å²) < 4.78 is 5.18. The second kappa shape index (κ2) is 6.60. The van der Waals surface area contributed by atoms with Crippen LogP contribution in [0.5, 0.6) is 0 Å². The Labute approximate surface area is 136 Å². The summed E-state index contributed by atoms with van der Waals surface area (Å²) in [7, 11) is 1.76. The van der Waals surface area contributed by atoms with Crippen molar-refractivity contribution < 1.29 is 9.32 Å². The zero-order valence-electron chi connectivity index (χ0n) is 14.1. The maximum Gasteiger partial charge on any atom is 0.242 e. The second-order valence-electron chi connectivity index (χ2n) is 6.27. The van der Waals surface area contributed by atoms with Gasteiger partial charge in [-0.3, -0.25) is 9.79 Å². The Bertz CT molecular complexity index is 586. The molecule has 1 amide bonds. The van der Waals surface area contributed by atoms with Gasteiger partial charge in [0.15, 0.2) is 5.96 Å². The Morgan fingerprint density at radius 3 is 2.74 bits per heavy atom. The highest BCUT2D eigenvalue weighted by molar-refractivity contribution is 5.87. The zero-order chi connectivity index (χ0) is 16.4. The van der Waals surface area contributed by atoms with E-state index in [-0.39, 0.29) is 5.91 Å². The summed E-state index contributed by atoms with van der Waals surface area (Å²) >= 11 is 0. The molecule has 0 unspecified atom stereocenters. The number of nitrogens with zero attached hydrogens (tertiary/aromatic N) is 4. The first kappa shape index (κ1) is 15.8. The normalized spacial score (nSPS) is 19.4. The summed E-state index contributed by atoms with van der Waals surface area (Å²) in [5, 5.41) is 7.32. The number of hydrogen-bond acceptors (Lipinski definition) is 4. The molecule has 3 rings (SSSR count). The molecule has 1 aliphatic heterocycles. The summed E-state index contributed by atoms with van der Waals surface area (Å²) in [5.41, 5.74) is 2.08. The molecule has 2 fully saturated rings. The smallest absolute Gasteiger partial charge is 0.242 e. The SMILES string of the molecule is CN=C(NCCc1c(C)noc1C)N1CCN(C2CC2)C(=O)C1. The van der Waals surface area contributed by atoms with Crippen molar-refractivity contribution in [2.75, 3.05) is 33.2 Å². The third-order valence-corrected chi connectivity index (χ3v) is 4.60. The lowest BCUT2D eigenvalue weighted by molar-refractivity contribution is -0.135. The third kappa shape index (κ3) is 3.48. The fourth-order valence-corrected chi connectivity index (χ4v) is 3.13. The third-order valence-electron chi connectivity index (χ3n) is 4.60. The number of aliphatic imine (C=N–C) groups is 1. The number of carbonyl (C=O) groups excluding carboxylic acids is 1. The first-order valence-corrected chi connectivity index (χ1v) is 8.27. The lowest BCUT2D eigenvalue weighted by Gasteiger charge is -2.36. The molecule has 0 aromatic carbocycles. The van der Waals surface area contributed by atoms with Gasteiger partial charge in [-0.15, -0.1) is 0 Å². The van der Waals surface area contributed by atoms with Crippen LogP contribution < -0.4 is 5.32 Å². The fourth-order valence-electron chi connectivity index (χ4n) is 3.13. The van der Waals surface area contributed by atoms with Gasteiger partial charge in [0.05, 0.1) is 12.2 Å². The monoisotopic (exact) mass is 319 g/mol. The minimum Gasteiger partial charge on any atom is -0.361 e. The molecule has 0 spiro atoms. The first-order chi connectivity index (χ1) is 11.1. The van der Waals surface area contributed by atoms with Gasteiger partial charge in [-0.05, 0) is 33.1 Å². The molecule has 1 N–H and O–H groups in total. The van der Waals surface area contributed by atoms with Gasteiger partial charge in [0.2, 0.25) is 5.91 Å². The average molecular weight is 319 g/mol. The summed E-state index contributed by atoms with van der Waals surface area (Å²) in [6, 6.07) is 0.499. The highest BCUT2D eigenvalue weighted by Crippen LogP contribution is 2.28. The minimum absolute atomic E-state index is 0.215. The van der Waals surface area contributed by atoms with Crippen molar-refractivity contribution in [1.29, 1.82) is 0 Å². The van der Waals surface area contributed by atoms with Gasteiger partial charge in [-0.2, -0.15) is 0 Å². The van der Waals surface area contributed by atoms with Crippen molar-refractivity contribution in [1.82, 2.24) is 20.3 Å². The number of aryl methyl sites for hydroxylation is 2. The number of guanidine groups is 1. The lowest BCUT2D eigenvalue weighted by Crippen LogP contribution is -2.55. The fraction of sp³-hybridized carbons (Fsp3) is 0.688. The summed E-state index contributed by atoms with van der Waals surface area (Å²) in [5.74, 6) is 1.88. The molecule has 1 aromatic heterocycles. The van der Waals surface area contributed by atoms with Crippen molar-refractivity contribution in [3.63, 3.8) is 0 Å². The first-order valence-electron chi connectivity index (χ1n) is 8.27. The molecule has 1 saturated carbocycles. The highest BCUT2D eigenvalue weighted by Gasteiger charge is 2.36. The van der Waals surface area contributed by atoms with Crippen molar-refractivity contribution in [2.24, 2.45) is 4.99 Å². The minimum atomic E-state index is 0.215. The van der Waals surface area contributed by atoms with Crippen molar-refractivity contribution >= 4 is 11.9 Å². The zero-order valence-corrected chi connectivity index (χ0v) is 14.1. The van der Waals surface area contributed by atoms with E-state index in [4.69, 9.17) is 4.52 Å². The Balaban J connectivity index is 1.51. The van der Waals surface area contributed by atoms with E-state index in [1.165, 1.54) is 0 Å². The van der Waals surface area contributed by atoms with Crippen LogP contribution in [0.15, 0.2) is 9.52 Å². The molecule has 1 aliphatic carbocycles. The topological polar surface area (TPSA) is 74.0 Å². The maximum atomic E-state index is 12.2. The molecule has 1 aromatic rings. The molecule has 7 heteroatoms. The van der Waals surface area contributed by atoms with Gasteiger partial charge < -0.3 is 19.6 Å². The Morgan fingerprint density at radius 2 is 2.17 bits per heavy atom. The maximum absolute atomic E-state index is 12.2. The van der Waals surface area contributed by atoms with Crippen molar-refractivity contribution in [2.45, 2.75) is 39.2 Å².